The van der Waals surface area contributed by atoms with Gasteiger partial charge in [-0.25, -0.2) is 4.79 Å². The van der Waals surface area contributed by atoms with Gasteiger partial charge in [0.25, 0.3) is 0 Å². The highest BCUT2D eigenvalue weighted by Gasteiger charge is 2.10. The van der Waals surface area contributed by atoms with Crippen molar-refractivity contribution in [1.82, 2.24) is 0 Å². The highest BCUT2D eigenvalue weighted by Crippen LogP contribution is 2.36. The molecule has 0 aliphatic carbocycles. The number of rotatable bonds is 8. The van der Waals surface area contributed by atoms with Crippen molar-refractivity contribution in [2.45, 2.75) is 0 Å². The Bertz CT molecular complexity index is 791. The summed E-state index contributed by atoms with van der Waals surface area (Å²) in [6.07, 6.45) is 2.90. The second kappa shape index (κ2) is 10.1. The molecule has 0 aromatic heterocycles. The molecule has 0 N–H and O–H groups in total. The van der Waals surface area contributed by atoms with Crippen LogP contribution in [0, 0.1) is 0 Å². The Morgan fingerprint density at radius 2 is 1.96 bits per heavy atom. The second-order valence-corrected chi connectivity index (χ2v) is 6.37. The van der Waals surface area contributed by atoms with Crippen LogP contribution in [-0.4, -0.2) is 33.4 Å². The molecule has 0 aliphatic rings. The van der Waals surface area contributed by atoms with E-state index in [0.717, 1.165) is 4.47 Å². The number of carbonyl (C=O) groups is 1. The first kappa shape index (κ1) is 20.1. The third-order valence-electron chi connectivity index (χ3n) is 3.26. The summed E-state index contributed by atoms with van der Waals surface area (Å²) in [6.45, 7) is 0.403. The van der Waals surface area contributed by atoms with Crippen molar-refractivity contribution in [1.29, 1.82) is 0 Å². The van der Waals surface area contributed by atoms with E-state index in [1.165, 1.54) is 20.3 Å². The van der Waals surface area contributed by atoms with Gasteiger partial charge in [-0.15, -0.1) is 0 Å². The molecule has 7 heteroatoms. The number of esters is 1. The molecule has 26 heavy (non-hydrogen) atoms. The fourth-order valence-electron chi connectivity index (χ4n) is 2.11. The van der Waals surface area contributed by atoms with E-state index in [1.54, 1.807) is 18.2 Å². The highest BCUT2D eigenvalue weighted by molar-refractivity contribution is 9.10. The summed E-state index contributed by atoms with van der Waals surface area (Å²) in [5.74, 6) is 1.15. The minimum atomic E-state index is -0.478. The number of ether oxygens (including phenoxy) is 4. The van der Waals surface area contributed by atoms with E-state index in [2.05, 4.69) is 15.9 Å². The van der Waals surface area contributed by atoms with Crippen LogP contribution in [0.25, 0.3) is 6.08 Å². The third kappa shape index (κ3) is 5.97. The molecule has 0 fully saturated rings. The van der Waals surface area contributed by atoms with Gasteiger partial charge in [0.05, 0.1) is 19.2 Å². The molecule has 0 spiro atoms. The summed E-state index contributed by atoms with van der Waals surface area (Å²) in [5.41, 5.74) is 0.690. The molecular formula is C19H18BrClO5. The van der Waals surface area contributed by atoms with Crippen molar-refractivity contribution in [3.63, 3.8) is 0 Å². The zero-order valence-electron chi connectivity index (χ0n) is 14.3. The van der Waals surface area contributed by atoms with E-state index >= 15 is 0 Å². The van der Waals surface area contributed by atoms with Gasteiger partial charge in [0.1, 0.15) is 19.0 Å². The smallest absolute Gasteiger partial charge is 0.330 e. The van der Waals surface area contributed by atoms with Gasteiger partial charge in [-0.1, -0.05) is 33.6 Å². The van der Waals surface area contributed by atoms with Gasteiger partial charge in [0.15, 0.2) is 11.5 Å². The van der Waals surface area contributed by atoms with Gasteiger partial charge < -0.3 is 18.9 Å². The molecule has 0 unspecified atom stereocenters. The van der Waals surface area contributed by atoms with Crippen molar-refractivity contribution >= 4 is 39.6 Å². The second-order valence-electron chi connectivity index (χ2n) is 5.04. The summed E-state index contributed by atoms with van der Waals surface area (Å²) in [7, 11) is 3.02. The van der Waals surface area contributed by atoms with E-state index in [-0.39, 0.29) is 13.2 Å². The topological polar surface area (TPSA) is 54.0 Å². The minimum Gasteiger partial charge on any atom is -0.493 e. The lowest BCUT2D eigenvalue weighted by atomic mass is 10.2. The molecule has 0 heterocycles. The molecular weight excluding hydrogens is 424 g/mol. The van der Waals surface area contributed by atoms with E-state index < -0.39 is 5.97 Å². The van der Waals surface area contributed by atoms with Crippen molar-refractivity contribution < 1.29 is 23.7 Å². The number of halogens is 2. The molecule has 0 radical (unpaired) electrons. The molecule has 138 valence electrons. The maximum atomic E-state index is 11.8. The standard InChI is InChI=1S/C19H18BrClO5/c1-23-17-11-13(10-16(21)19(17)24-2)6-7-18(22)26-9-8-25-15-5-3-4-14(20)12-15/h3-7,10-12H,8-9H2,1-2H3. The highest BCUT2D eigenvalue weighted by atomic mass is 79.9. The molecule has 0 aliphatic heterocycles. The molecule has 2 aromatic rings. The predicted molar refractivity (Wildman–Crippen MR) is 104 cm³/mol. The summed E-state index contributed by atoms with van der Waals surface area (Å²) < 4.78 is 21.9. The number of hydrogen-bond donors (Lipinski definition) is 0. The van der Waals surface area contributed by atoms with Crippen LogP contribution in [-0.2, 0) is 9.53 Å². The lowest BCUT2D eigenvalue weighted by molar-refractivity contribution is -0.138. The van der Waals surface area contributed by atoms with Crippen molar-refractivity contribution in [2.24, 2.45) is 0 Å². The quantitative estimate of drug-likeness (QED) is 0.336. The van der Waals surface area contributed by atoms with E-state index in [0.29, 0.717) is 27.8 Å². The number of methoxy groups -OCH3 is 2. The Labute approximate surface area is 165 Å². The normalized spacial score (nSPS) is 10.6. The summed E-state index contributed by atoms with van der Waals surface area (Å²) in [6, 6.07) is 10.8. The van der Waals surface area contributed by atoms with Crippen LogP contribution in [0.1, 0.15) is 5.56 Å². The largest absolute Gasteiger partial charge is 0.493 e. The fraction of sp³-hybridized carbons (Fsp3) is 0.211. The first-order valence-corrected chi connectivity index (χ1v) is 8.85. The summed E-state index contributed by atoms with van der Waals surface area (Å²) in [4.78, 5) is 11.8. The van der Waals surface area contributed by atoms with Gasteiger partial charge in [0, 0.05) is 10.5 Å². The fourth-order valence-corrected chi connectivity index (χ4v) is 2.78. The van der Waals surface area contributed by atoms with Crippen LogP contribution >= 0.6 is 27.5 Å². The number of hydrogen-bond acceptors (Lipinski definition) is 5. The summed E-state index contributed by atoms with van der Waals surface area (Å²) >= 11 is 9.49. The Morgan fingerprint density at radius 1 is 1.15 bits per heavy atom. The maximum absolute atomic E-state index is 11.8. The van der Waals surface area contributed by atoms with Crippen LogP contribution in [0.15, 0.2) is 46.9 Å². The van der Waals surface area contributed by atoms with E-state index in [4.69, 9.17) is 30.5 Å². The van der Waals surface area contributed by atoms with Gasteiger partial charge in [0.2, 0.25) is 0 Å². The maximum Gasteiger partial charge on any atom is 0.330 e. The Hall–Kier alpha value is -2.18. The Morgan fingerprint density at radius 3 is 2.65 bits per heavy atom. The van der Waals surface area contributed by atoms with E-state index in [9.17, 15) is 4.79 Å². The molecule has 2 aromatic carbocycles. The van der Waals surface area contributed by atoms with Gasteiger partial charge in [-0.05, 0) is 42.0 Å². The van der Waals surface area contributed by atoms with Crippen LogP contribution < -0.4 is 14.2 Å². The molecule has 0 saturated heterocycles. The average molecular weight is 442 g/mol. The third-order valence-corrected chi connectivity index (χ3v) is 4.03. The van der Waals surface area contributed by atoms with Crippen LogP contribution in [0.2, 0.25) is 5.02 Å². The van der Waals surface area contributed by atoms with Crippen molar-refractivity contribution in [2.75, 3.05) is 27.4 Å². The predicted octanol–water partition coefficient (Wildman–Crippen LogP) is 4.76. The Kier molecular flexibility index (Phi) is 7.81. The summed E-state index contributed by atoms with van der Waals surface area (Å²) in [5, 5.41) is 0.391. The minimum absolute atomic E-state index is 0.141. The lowest BCUT2D eigenvalue weighted by Crippen LogP contribution is -2.10. The zero-order chi connectivity index (χ0) is 18.9. The van der Waals surface area contributed by atoms with Crippen LogP contribution in [0.3, 0.4) is 0 Å². The first-order valence-electron chi connectivity index (χ1n) is 7.68. The van der Waals surface area contributed by atoms with Crippen LogP contribution in [0.5, 0.6) is 17.2 Å². The first-order chi connectivity index (χ1) is 12.5. The zero-order valence-corrected chi connectivity index (χ0v) is 16.7. The molecule has 0 atom stereocenters. The van der Waals surface area contributed by atoms with Gasteiger partial charge >= 0.3 is 5.97 Å². The molecule has 0 saturated carbocycles. The molecule has 2 rings (SSSR count). The van der Waals surface area contributed by atoms with Crippen molar-refractivity contribution in [3.8, 4) is 17.2 Å². The van der Waals surface area contributed by atoms with Crippen LogP contribution in [0.4, 0.5) is 0 Å². The molecule has 0 bridgehead atoms. The van der Waals surface area contributed by atoms with Crippen molar-refractivity contribution in [3.05, 3.63) is 57.5 Å². The lowest BCUT2D eigenvalue weighted by Gasteiger charge is -2.10. The monoisotopic (exact) mass is 440 g/mol. The SMILES string of the molecule is COc1cc(C=CC(=O)OCCOc2cccc(Br)c2)cc(Cl)c1OC. The average Bonchev–Trinajstić information content (AvgIpc) is 2.63. The number of carbonyl (C=O) groups excluding carboxylic acids is 1. The van der Waals surface area contributed by atoms with Gasteiger partial charge in [-0.2, -0.15) is 0 Å². The van der Waals surface area contributed by atoms with Gasteiger partial charge in [-0.3, -0.25) is 0 Å². The molecule has 5 nitrogen and oxygen atoms in total. The Balaban J connectivity index is 1.84. The molecule has 0 amide bonds. The van der Waals surface area contributed by atoms with E-state index in [1.807, 2.05) is 24.3 Å². The number of benzene rings is 2.